The highest BCUT2D eigenvalue weighted by atomic mass is 35.5. The molecule has 0 saturated heterocycles. The van der Waals surface area contributed by atoms with Gasteiger partial charge in [0.15, 0.2) is 0 Å². The number of carbonyl (C=O) groups is 1. The first-order chi connectivity index (χ1) is 7.93. The normalized spacial score (nSPS) is 10.2. The molecule has 1 aromatic heterocycles. The van der Waals surface area contributed by atoms with Crippen molar-refractivity contribution in [3.63, 3.8) is 0 Å². The monoisotopic (exact) mass is 256 g/mol. The number of carbonyl (C=O) groups excluding carboxylic acids is 1. The summed E-state index contributed by atoms with van der Waals surface area (Å²) in [6.45, 7) is 2.23. The van der Waals surface area contributed by atoms with Crippen molar-refractivity contribution in [2.45, 2.75) is 13.3 Å². The van der Waals surface area contributed by atoms with Crippen LogP contribution in [0.2, 0.25) is 5.15 Å². The Morgan fingerprint density at radius 1 is 1.35 bits per heavy atom. The molecule has 1 aromatic rings. The smallest absolute Gasteiger partial charge is 0.241 e. The summed E-state index contributed by atoms with van der Waals surface area (Å²) in [5, 5.41) is 0.399. The van der Waals surface area contributed by atoms with Gasteiger partial charge in [0.05, 0.1) is 6.54 Å². The predicted molar refractivity (Wildman–Crippen MR) is 68.4 cm³/mol. The summed E-state index contributed by atoms with van der Waals surface area (Å²) in [5.74, 6) is 1.36. The maximum atomic E-state index is 11.6. The lowest BCUT2D eigenvalue weighted by Crippen LogP contribution is -2.34. The van der Waals surface area contributed by atoms with Gasteiger partial charge in [0.1, 0.15) is 16.8 Å². The van der Waals surface area contributed by atoms with E-state index in [1.54, 1.807) is 37.0 Å². The van der Waals surface area contributed by atoms with Gasteiger partial charge in [-0.3, -0.25) is 4.79 Å². The van der Waals surface area contributed by atoms with Gasteiger partial charge in [0.2, 0.25) is 5.91 Å². The molecule has 0 N–H and O–H groups in total. The van der Waals surface area contributed by atoms with E-state index in [0.717, 1.165) is 0 Å². The third-order valence-corrected chi connectivity index (χ3v) is 2.50. The van der Waals surface area contributed by atoms with E-state index in [1.165, 1.54) is 0 Å². The SMILES string of the molecule is CCc1nc(Cl)cc(N(C)CC(=O)N(C)C)n1. The summed E-state index contributed by atoms with van der Waals surface area (Å²) >= 11 is 5.90. The van der Waals surface area contributed by atoms with E-state index in [2.05, 4.69) is 9.97 Å². The molecule has 0 aromatic carbocycles. The van der Waals surface area contributed by atoms with Gasteiger partial charge in [0, 0.05) is 33.6 Å². The number of anilines is 1. The minimum Gasteiger partial charge on any atom is -0.350 e. The minimum absolute atomic E-state index is 0.0142. The molecular formula is C11H17ClN4O. The molecule has 1 heterocycles. The average molecular weight is 257 g/mol. The second-order valence-corrected chi connectivity index (χ2v) is 4.35. The zero-order valence-electron chi connectivity index (χ0n) is 10.6. The Kier molecular flexibility index (Phi) is 4.69. The van der Waals surface area contributed by atoms with E-state index >= 15 is 0 Å². The number of likely N-dealkylation sites (N-methyl/N-ethyl adjacent to an activating group) is 2. The summed E-state index contributed by atoms with van der Waals surface area (Å²) in [4.78, 5) is 23.3. The highest BCUT2D eigenvalue weighted by Crippen LogP contribution is 2.15. The summed E-state index contributed by atoms with van der Waals surface area (Å²) in [5.41, 5.74) is 0. The number of halogens is 1. The molecule has 0 aliphatic heterocycles. The van der Waals surface area contributed by atoms with Crippen molar-refractivity contribution in [2.75, 3.05) is 32.6 Å². The van der Waals surface area contributed by atoms with Crippen molar-refractivity contribution in [1.82, 2.24) is 14.9 Å². The van der Waals surface area contributed by atoms with Crippen LogP contribution in [0, 0.1) is 0 Å². The van der Waals surface area contributed by atoms with Crippen LogP contribution in [0.1, 0.15) is 12.7 Å². The number of rotatable bonds is 4. The van der Waals surface area contributed by atoms with E-state index in [0.29, 0.717) is 23.2 Å². The fourth-order valence-electron chi connectivity index (χ4n) is 1.23. The van der Waals surface area contributed by atoms with Gasteiger partial charge in [-0.2, -0.15) is 0 Å². The van der Waals surface area contributed by atoms with Crippen LogP contribution in [0.25, 0.3) is 0 Å². The number of nitrogens with zero attached hydrogens (tertiary/aromatic N) is 4. The summed E-state index contributed by atoms with van der Waals surface area (Å²) < 4.78 is 0. The molecule has 6 heteroatoms. The molecule has 0 fully saturated rings. The maximum Gasteiger partial charge on any atom is 0.241 e. The molecule has 1 amide bonds. The minimum atomic E-state index is 0.0142. The number of aryl methyl sites for hydroxylation is 1. The van der Waals surface area contributed by atoms with Gasteiger partial charge in [-0.25, -0.2) is 9.97 Å². The molecule has 0 atom stereocenters. The van der Waals surface area contributed by atoms with Crippen LogP contribution in [0.5, 0.6) is 0 Å². The third kappa shape index (κ3) is 3.85. The average Bonchev–Trinajstić information content (AvgIpc) is 2.27. The van der Waals surface area contributed by atoms with Gasteiger partial charge >= 0.3 is 0 Å². The first-order valence-corrected chi connectivity index (χ1v) is 5.76. The maximum absolute atomic E-state index is 11.6. The first-order valence-electron chi connectivity index (χ1n) is 5.38. The van der Waals surface area contributed by atoms with Gasteiger partial charge in [-0.1, -0.05) is 18.5 Å². The summed E-state index contributed by atoms with van der Waals surface area (Å²) in [6.07, 6.45) is 0.711. The first kappa shape index (κ1) is 13.7. The van der Waals surface area contributed by atoms with Crippen molar-refractivity contribution in [2.24, 2.45) is 0 Å². The highest BCUT2D eigenvalue weighted by molar-refractivity contribution is 6.29. The molecule has 1 rings (SSSR count). The van der Waals surface area contributed by atoms with E-state index in [-0.39, 0.29) is 12.5 Å². The zero-order chi connectivity index (χ0) is 13.0. The van der Waals surface area contributed by atoms with Crippen molar-refractivity contribution >= 4 is 23.3 Å². The Hall–Kier alpha value is -1.36. The Balaban J connectivity index is 2.84. The van der Waals surface area contributed by atoms with E-state index in [9.17, 15) is 4.79 Å². The van der Waals surface area contributed by atoms with Crippen LogP contribution in [0.3, 0.4) is 0 Å². The molecule has 0 saturated carbocycles. The lowest BCUT2D eigenvalue weighted by atomic mass is 10.4. The van der Waals surface area contributed by atoms with Crippen LogP contribution < -0.4 is 4.90 Å². The second kappa shape index (κ2) is 5.82. The van der Waals surface area contributed by atoms with Gasteiger partial charge in [-0.05, 0) is 0 Å². The van der Waals surface area contributed by atoms with E-state index in [4.69, 9.17) is 11.6 Å². The third-order valence-electron chi connectivity index (χ3n) is 2.31. The topological polar surface area (TPSA) is 49.3 Å². The number of aromatic nitrogens is 2. The lowest BCUT2D eigenvalue weighted by Gasteiger charge is -2.20. The molecule has 0 bridgehead atoms. The van der Waals surface area contributed by atoms with Gasteiger partial charge in [0.25, 0.3) is 0 Å². The summed E-state index contributed by atoms with van der Waals surface area (Å²) in [7, 11) is 5.25. The molecule has 0 radical (unpaired) electrons. The molecule has 0 unspecified atom stereocenters. The number of hydrogen-bond acceptors (Lipinski definition) is 4. The fraction of sp³-hybridized carbons (Fsp3) is 0.545. The standard InChI is InChI=1S/C11H17ClN4O/c1-5-9-13-8(12)6-10(14-9)16(4)7-11(17)15(2)3/h6H,5,7H2,1-4H3. The summed E-state index contributed by atoms with van der Waals surface area (Å²) in [6, 6.07) is 1.66. The fourth-order valence-corrected chi connectivity index (χ4v) is 1.43. The van der Waals surface area contributed by atoms with Gasteiger partial charge in [-0.15, -0.1) is 0 Å². The van der Waals surface area contributed by atoms with Crippen molar-refractivity contribution in [3.05, 3.63) is 17.0 Å². The van der Waals surface area contributed by atoms with Crippen LogP contribution in [-0.2, 0) is 11.2 Å². The highest BCUT2D eigenvalue weighted by Gasteiger charge is 2.11. The predicted octanol–water partition coefficient (Wildman–Crippen LogP) is 1.22. The molecule has 0 aliphatic carbocycles. The molecule has 0 aliphatic rings. The van der Waals surface area contributed by atoms with Gasteiger partial charge < -0.3 is 9.80 Å². The van der Waals surface area contributed by atoms with Crippen LogP contribution in [0.4, 0.5) is 5.82 Å². The Bertz CT molecular complexity index is 408. The van der Waals surface area contributed by atoms with Crippen molar-refractivity contribution < 1.29 is 4.79 Å². The van der Waals surface area contributed by atoms with Crippen molar-refractivity contribution in [3.8, 4) is 0 Å². The quantitative estimate of drug-likeness (QED) is 0.760. The lowest BCUT2D eigenvalue weighted by molar-refractivity contribution is -0.127. The van der Waals surface area contributed by atoms with E-state index < -0.39 is 0 Å². The van der Waals surface area contributed by atoms with Crippen LogP contribution in [-0.4, -0.2) is 48.5 Å². The van der Waals surface area contributed by atoms with E-state index in [1.807, 2.05) is 6.92 Å². The Labute approximate surface area is 106 Å². The second-order valence-electron chi connectivity index (χ2n) is 3.96. The molecular weight excluding hydrogens is 240 g/mol. The van der Waals surface area contributed by atoms with Crippen LogP contribution in [0.15, 0.2) is 6.07 Å². The largest absolute Gasteiger partial charge is 0.350 e. The molecule has 5 nitrogen and oxygen atoms in total. The Morgan fingerprint density at radius 3 is 2.53 bits per heavy atom. The molecule has 17 heavy (non-hydrogen) atoms. The van der Waals surface area contributed by atoms with Crippen LogP contribution >= 0.6 is 11.6 Å². The molecule has 0 spiro atoms. The Morgan fingerprint density at radius 2 is 2.00 bits per heavy atom. The number of amides is 1. The number of hydrogen-bond donors (Lipinski definition) is 0. The van der Waals surface area contributed by atoms with Crippen molar-refractivity contribution in [1.29, 1.82) is 0 Å². The molecule has 94 valence electrons. The zero-order valence-corrected chi connectivity index (χ0v) is 11.3.